The van der Waals surface area contributed by atoms with Crippen molar-refractivity contribution < 1.29 is 4.74 Å². The topological polar surface area (TPSA) is 63.2 Å². The molecule has 1 aliphatic carbocycles. The third kappa shape index (κ3) is 3.00. The molecule has 0 aliphatic heterocycles. The Bertz CT molecular complexity index is 370. The zero-order valence-electron chi connectivity index (χ0n) is 11.3. The number of hydrogen-bond donors (Lipinski definition) is 1. The van der Waals surface area contributed by atoms with Gasteiger partial charge in [-0.05, 0) is 18.8 Å². The van der Waals surface area contributed by atoms with Crippen LogP contribution in [0.5, 0.6) is 6.01 Å². The predicted molar refractivity (Wildman–Crippen MR) is 71.2 cm³/mol. The number of ether oxygens (including phenoxy) is 1. The van der Waals surface area contributed by atoms with Crippen molar-refractivity contribution in [1.82, 2.24) is 15.0 Å². The first-order valence-electron chi connectivity index (χ1n) is 6.42. The molecule has 0 amide bonds. The van der Waals surface area contributed by atoms with Gasteiger partial charge in [-0.3, -0.25) is 0 Å². The molecule has 0 radical (unpaired) electrons. The van der Waals surface area contributed by atoms with Gasteiger partial charge in [0.2, 0.25) is 11.9 Å². The molecule has 1 aromatic heterocycles. The minimum absolute atomic E-state index is 0.350. The summed E-state index contributed by atoms with van der Waals surface area (Å²) in [5, 5.41) is 2.92. The molecule has 6 heteroatoms. The Morgan fingerprint density at radius 2 is 2.00 bits per heavy atom. The SMILES string of the molecule is CNc1nc(OC)nc(N(C)CC2CCCC2)n1. The summed E-state index contributed by atoms with van der Waals surface area (Å²) < 4.78 is 5.09. The summed E-state index contributed by atoms with van der Waals surface area (Å²) in [7, 11) is 5.37. The smallest absolute Gasteiger partial charge is 0.322 e. The first-order valence-corrected chi connectivity index (χ1v) is 6.42. The van der Waals surface area contributed by atoms with Crippen LogP contribution in [0.2, 0.25) is 0 Å². The van der Waals surface area contributed by atoms with E-state index in [9.17, 15) is 0 Å². The summed E-state index contributed by atoms with van der Waals surface area (Å²) in [5.74, 6) is 1.96. The highest BCUT2D eigenvalue weighted by Crippen LogP contribution is 2.26. The van der Waals surface area contributed by atoms with Crippen LogP contribution in [0.4, 0.5) is 11.9 Å². The van der Waals surface area contributed by atoms with Crippen molar-refractivity contribution in [3.05, 3.63) is 0 Å². The van der Waals surface area contributed by atoms with Gasteiger partial charge in [-0.2, -0.15) is 15.0 Å². The Labute approximate surface area is 108 Å². The van der Waals surface area contributed by atoms with Crippen LogP contribution in [0.1, 0.15) is 25.7 Å². The van der Waals surface area contributed by atoms with Crippen LogP contribution in [0.25, 0.3) is 0 Å². The first-order chi connectivity index (χ1) is 8.72. The minimum atomic E-state index is 0.350. The summed E-state index contributed by atoms with van der Waals surface area (Å²) in [5.41, 5.74) is 0. The molecule has 0 unspecified atom stereocenters. The van der Waals surface area contributed by atoms with Gasteiger partial charge < -0.3 is 15.0 Å². The van der Waals surface area contributed by atoms with Crippen molar-refractivity contribution in [2.45, 2.75) is 25.7 Å². The number of nitrogens with one attached hydrogen (secondary N) is 1. The molecule has 1 heterocycles. The normalized spacial score (nSPS) is 15.7. The lowest BCUT2D eigenvalue weighted by molar-refractivity contribution is 0.378. The van der Waals surface area contributed by atoms with Crippen molar-refractivity contribution in [3.63, 3.8) is 0 Å². The fourth-order valence-electron chi connectivity index (χ4n) is 2.38. The van der Waals surface area contributed by atoms with E-state index in [1.165, 1.54) is 25.7 Å². The molecule has 0 spiro atoms. The molecule has 1 fully saturated rings. The van der Waals surface area contributed by atoms with Crippen LogP contribution in [0.15, 0.2) is 0 Å². The van der Waals surface area contributed by atoms with Crippen LogP contribution in [-0.4, -0.2) is 42.7 Å². The molecule has 1 aromatic rings. The lowest BCUT2D eigenvalue weighted by Crippen LogP contribution is -2.26. The Balaban J connectivity index is 2.09. The molecule has 1 N–H and O–H groups in total. The largest absolute Gasteiger partial charge is 0.467 e. The fraction of sp³-hybridized carbons (Fsp3) is 0.750. The van der Waals surface area contributed by atoms with Crippen LogP contribution in [0, 0.1) is 5.92 Å². The van der Waals surface area contributed by atoms with E-state index in [0.29, 0.717) is 17.9 Å². The lowest BCUT2D eigenvalue weighted by Gasteiger charge is -2.21. The second-order valence-corrected chi connectivity index (χ2v) is 4.73. The van der Waals surface area contributed by atoms with Crippen molar-refractivity contribution in [1.29, 1.82) is 0 Å². The molecule has 6 nitrogen and oxygen atoms in total. The summed E-state index contributed by atoms with van der Waals surface area (Å²) in [6.45, 7) is 0.996. The Morgan fingerprint density at radius 3 is 2.61 bits per heavy atom. The van der Waals surface area contributed by atoms with Gasteiger partial charge in [0.1, 0.15) is 0 Å². The second kappa shape index (κ2) is 5.84. The monoisotopic (exact) mass is 251 g/mol. The van der Waals surface area contributed by atoms with Crippen LogP contribution in [-0.2, 0) is 0 Å². The molecule has 0 aromatic carbocycles. The molecule has 0 atom stereocenters. The number of aromatic nitrogens is 3. The first kappa shape index (κ1) is 12.9. The zero-order chi connectivity index (χ0) is 13.0. The summed E-state index contributed by atoms with van der Waals surface area (Å²) in [6, 6.07) is 0.350. The van der Waals surface area contributed by atoms with E-state index in [1.54, 1.807) is 14.2 Å². The third-order valence-electron chi connectivity index (χ3n) is 3.36. The summed E-state index contributed by atoms with van der Waals surface area (Å²) >= 11 is 0. The molecular formula is C12H21N5O. The van der Waals surface area contributed by atoms with Crippen LogP contribution >= 0.6 is 0 Å². The molecule has 18 heavy (non-hydrogen) atoms. The van der Waals surface area contributed by atoms with Crippen molar-refractivity contribution >= 4 is 11.9 Å². The fourth-order valence-corrected chi connectivity index (χ4v) is 2.38. The Kier molecular flexibility index (Phi) is 4.17. The standard InChI is InChI=1S/C12H21N5O/c1-13-10-14-11(16-12(15-10)18-3)17(2)8-9-6-4-5-7-9/h9H,4-8H2,1-3H3,(H,13,14,15,16). The minimum Gasteiger partial charge on any atom is -0.467 e. The van der Waals surface area contributed by atoms with Crippen molar-refractivity contribution in [2.24, 2.45) is 5.92 Å². The molecule has 1 saturated carbocycles. The number of methoxy groups -OCH3 is 1. The van der Waals surface area contributed by atoms with E-state index in [4.69, 9.17) is 4.74 Å². The average Bonchev–Trinajstić information content (AvgIpc) is 2.90. The number of rotatable bonds is 5. The molecule has 0 bridgehead atoms. The lowest BCUT2D eigenvalue weighted by atomic mass is 10.1. The molecule has 1 aliphatic rings. The molecule has 2 rings (SSSR count). The molecular weight excluding hydrogens is 230 g/mol. The van der Waals surface area contributed by atoms with Gasteiger partial charge in [-0.15, -0.1) is 0 Å². The highest BCUT2D eigenvalue weighted by Gasteiger charge is 2.19. The van der Waals surface area contributed by atoms with E-state index in [0.717, 1.165) is 12.5 Å². The maximum atomic E-state index is 5.09. The van der Waals surface area contributed by atoms with E-state index in [-0.39, 0.29) is 0 Å². The predicted octanol–water partition coefficient (Wildman–Crippen LogP) is 1.55. The number of hydrogen-bond acceptors (Lipinski definition) is 6. The summed E-state index contributed by atoms with van der Waals surface area (Å²) in [4.78, 5) is 14.8. The third-order valence-corrected chi connectivity index (χ3v) is 3.36. The van der Waals surface area contributed by atoms with Crippen molar-refractivity contribution in [3.8, 4) is 6.01 Å². The number of anilines is 2. The van der Waals surface area contributed by atoms with Gasteiger partial charge in [0.05, 0.1) is 7.11 Å². The Hall–Kier alpha value is -1.59. The second-order valence-electron chi connectivity index (χ2n) is 4.73. The van der Waals surface area contributed by atoms with Gasteiger partial charge >= 0.3 is 6.01 Å². The molecule has 100 valence electrons. The average molecular weight is 251 g/mol. The van der Waals surface area contributed by atoms with E-state index in [2.05, 4.69) is 25.2 Å². The maximum Gasteiger partial charge on any atom is 0.322 e. The Morgan fingerprint density at radius 1 is 1.28 bits per heavy atom. The van der Waals surface area contributed by atoms with Crippen LogP contribution < -0.4 is 15.0 Å². The van der Waals surface area contributed by atoms with Crippen molar-refractivity contribution in [2.75, 3.05) is 38.0 Å². The van der Waals surface area contributed by atoms with Crippen LogP contribution in [0.3, 0.4) is 0 Å². The highest BCUT2D eigenvalue weighted by molar-refractivity contribution is 5.37. The van der Waals surface area contributed by atoms with Gasteiger partial charge in [0.15, 0.2) is 0 Å². The van der Waals surface area contributed by atoms with Gasteiger partial charge in [-0.25, -0.2) is 0 Å². The maximum absolute atomic E-state index is 5.09. The van der Waals surface area contributed by atoms with Gasteiger partial charge in [-0.1, -0.05) is 12.8 Å². The van der Waals surface area contributed by atoms with Gasteiger partial charge in [0, 0.05) is 20.6 Å². The highest BCUT2D eigenvalue weighted by atomic mass is 16.5. The van der Waals surface area contributed by atoms with Gasteiger partial charge in [0.25, 0.3) is 0 Å². The summed E-state index contributed by atoms with van der Waals surface area (Å²) in [6.07, 6.45) is 5.32. The van der Waals surface area contributed by atoms with E-state index < -0.39 is 0 Å². The molecule has 0 saturated heterocycles. The van der Waals surface area contributed by atoms with E-state index in [1.807, 2.05) is 7.05 Å². The zero-order valence-corrected chi connectivity index (χ0v) is 11.3. The van der Waals surface area contributed by atoms with E-state index >= 15 is 0 Å². The quantitative estimate of drug-likeness (QED) is 0.856. The number of nitrogens with zero attached hydrogens (tertiary/aromatic N) is 4.